The topological polar surface area (TPSA) is 0 Å². The zero-order chi connectivity index (χ0) is 9.99. The smallest absolute Gasteiger partial charge is 0.0410 e. The van der Waals surface area contributed by atoms with Crippen LogP contribution in [0.5, 0.6) is 0 Å². The van der Waals surface area contributed by atoms with Gasteiger partial charge in [0.25, 0.3) is 0 Å². The number of hydrogen-bond acceptors (Lipinski definition) is 0. The minimum atomic E-state index is -0.829. The number of rotatable bonds is 4. The van der Waals surface area contributed by atoms with E-state index in [4.69, 9.17) is 0 Å². The summed E-state index contributed by atoms with van der Waals surface area (Å²) < 4.78 is 0. The fourth-order valence-electron chi connectivity index (χ4n) is 1.02. The van der Waals surface area contributed by atoms with Crippen LogP contribution >= 0.6 is 0 Å². The van der Waals surface area contributed by atoms with Crippen LogP contribution in [0.4, 0.5) is 0 Å². The standard InChI is InChI=1S/C10H26Si2/c1-10(2)8-9-12(6,7)11(3,4)5/h10H,8-9H2,1-7H3. The lowest BCUT2D eigenvalue weighted by Gasteiger charge is -2.35. The van der Waals surface area contributed by atoms with Gasteiger partial charge in [0.05, 0.1) is 0 Å². The fraction of sp³-hybridized carbons (Fsp3) is 1.00. The summed E-state index contributed by atoms with van der Waals surface area (Å²) in [5.41, 5.74) is 0. The molecule has 0 nitrogen and oxygen atoms in total. The van der Waals surface area contributed by atoms with Gasteiger partial charge in [0, 0.05) is 15.2 Å². The van der Waals surface area contributed by atoms with Crippen LogP contribution in [0, 0.1) is 5.92 Å². The molecule has 0 amide bonds. The van der Waals surface area contributed by atoms with Crippen LogP contribution in [0.15, 0.2) is 0 Å². The molecular formula is C10H26Si2. The molecule has 0 heterocycles. The highest BCUT2D eigenvalue weighted by Crippen LogP contribution is 2.26. The largest absolute Gasteiger partial charge is 0.0715 e. The summed E-state index contributed by atoms with van der Waals surface area (Å²) in [6, 6.07) is 1.54. The highest BCUT2D eigenvalue weighted by molar-refractivity contribution is 7.40. The first-order valence-corrected chi connectivity index (χ1v) is 12.9. The molecule has 0 aliphatic rings. The van der Waals surface area contributed by atoms with E-state index in [0.29, 0.717) is 0 Å². The zero-order valence-electron chi connectivity index (χ0n) is 9.99. The normalized spacial score (nSPS) is 14.0. The second kappa shape index (κ2) is 4.10. The summed E-state index contributed by atoms with van der Waals surface area (Å²) in [5, 5.41) is 0. The van der Waals surface area contributed by atoms with Gasteiger partial charge < -0.3 is 0 Å². The Morgan fingerprint density at radius 3 is 1.58 bits per heavy atom. The zero-order valence-corrected chi connectivity index (χ0v) is 12.0. The van der Waals surface area contributed by atoms with Crippen LogP contribution in [0.25, 0.3) is 0 Å². The molecule has 0 bridgehead atoms. The summed E-state index contributed by atoms with van der Waals surface area (Å²) in [7, 11) is -1.64. The van der Waals surface area contributed by atoms with Crippen molar-refractivity contribution in [3.8, 4) is 0 Å². The van der Waals surface area contributed by atoms with Crippen LogP contribution < -0.4 is 0 Å². The lowest BCUT2D eigenvalue weighted by Crippen LogP contribution is -2.52. The maximum atomic E-state index is 2.58. The predicted octanol–water partition coefficient (Wildman–Crippen LogP) is 4.16. The minimum Gasteiger partial charge on any atom is -0.0715 e. The third-order valence-electron chi connectivity index (χ3n) is 3.38. The molecule has 0 N–H and O–H groups in total. The summed E-state index contributed by atoms with van der Waals surface area (Å²) in [4.78, 5) is 0. The second-order valence-corrected chi connectivity index (χ2v) is 23.4. The van der Waals surface area contributed by atoms with Crippen LogP contribution in [-0.4, -0.2) is 15.2 Å². The van der Waals surface area contributed by atoms with E-state index in [1.165, 1.54) is 6.42 Å². The first kappa shape index (κ1) is 12.4. The number of hydrogen-bond donors (Lipinski definition) is 0. The Balaban J connectivity index is 4.05. The van der Waals surface area contributed by atoms with Gasteiger partial charge in [-0.3, -0.25) is 0 Å². The molecule has 0 aromatic carbocycles. The molecule has 0 aliphatic carbocycles. The van der Waals surface area contributed by atoms with E-state index < -0.39 is 15.2 Å². The summed E-state index contributed by atoms with van der Waals surface area (Å²) in [5.74, 6) is 0.896. The summed E-state index contributed by atoms with van der Waals surface area (Å²) in [6.45, 7) is 17.5. The van der Waals surface area contributed by atoms with Gasteiger partial charge >= 0.3 is 0 Å². The molecule has 0 spiro atoms. The van der Waals surface area contributed by atoms with Gasteiger partial charge in [-0.25, -0.2) is 0 Å². The van der Waals surface area contributed by atoms with Gasteiger partial charge in [0.2, 0.25) is 0 Å². The van der Waals surface area contributed by atoms with Crippen molar-refractivity contribution in [3.63, 3.8) is 0 Å². The van der Waals surface area contributed by atoms with Crippen molar-refractivity contribution in [2.45, 2.75) is 59.0 Å². The van der Waals surface area contributed by atoms with E-state index >= 15 is 0 Å². The Kier molecular flexibility index (Phi) is 4.24. The molecule has 2 heteroatoms. The predicted molar refractivity (Wildman–Crippen MR) is 65.1 cm³/mol. The third kappa shape index (κ3) is 3.90. The highest BCUT2D eigenvalue weighted by Gasteiger charge is 2.35. The van der Waals surface area contributed by atoms with Crippen molar-refractivity contribution in [2.75, 3.05) is 0 Å². The van der Waals surface area contributed by atoms with Crippen LogP contribution in [0.2, 0.25) is 38.8 Å². The monoisotopic (exact) mass is 202 g/mol. The van der Waals surface area contributed by atoms with Gasteiger partial charge in [0.1, 0.15) is 0 Å². The average Bonchev–Trinajstić information content (AvgIpc) is 1.81. The molecule has 0 aromatic heterocycles. The maximum absolute atomic E-state index is 2.58. The average molecular weight is 202 g/mol. The van der Waals surface area contributed by atoms with Gasteiger partial charge in [-0.1, -0.05) is 59.0 Å². The Morgan fingerprint density at radius 2 is 1.33 bits per heavy atom. The minimum absolute atomic E-state index is 0.813. The van der Waals surface area contributed by atoms with Crippen molar-refractivity contribution in [2.24, 2.45) is 5.92 Å². The first-order chi connectivity index (χ1) is 5.17. The molecule has 0 fully saturated rings. The van der Waals surface area contributed by atoms with Crippen LogP contribution in [0.1, 0.15) is 20.3 Å². The van der Waals surface area contributed by atoms with Gasteiger partial charge in [0.15, 0.2) is 0 Å². The Labute approximate surface area is 80.6 Å². The lowest BCUT2D eigenvalue weighted by atomic mass is 10.2. The Hall–Kier alpha value is 0.434. The van der Waals surface area contributed by atoms with Crippen molar-refractivity contribution < 1.29 is 0 Å². The van der Waals surface area contributed by atoms with Crippen LogP contribution in [-0.2, 0) is 0 Å². The molecule has 12 heavy (non-hydrogen) atoms. The second-order valence-electron chi connectivity index (χ2n) is 6.07. The summed E-state index contributed by atoms with van der Waals surface area (Å²) in [6.07, 6.45) is 1.45. The molecule has 0 rings (SSSR count). The fourth-order valence-corrected chi connectivity index (χ4v) is 5.76. The Bertz CT molecular complexity index is 131. The maximum Gasteiger partial charge on any atom is 0.0410 e. The van der Waals surface area contributed by atoms with Gasteiger partial charge in [-0.15, -0.1) is 0 Å². The molecule has 0 saturated carbocycles. The van der Waals surface area contributed by atoms with E-state index in [9.17, 15) is 0 Å². The van der Waals surface area contributed by atoms with Gasteiger partial charge in [-0.2, -0.15) is 0 Å². The third-order valence-corrected chi connectivity index (χ3v) is 21.9. The van der Waals surface area contributed by atoms with E-state index in [0.717, 1.165) is 5.92 Å². The van der Waals surface area contributed by atoms with Crippen molar-refractivity contribution in [1.82, 2.24) is 0 Å². The molecule has 0 aromatic rings. The molecule has 74 valence electrons. The first-order valence-electron chi connectivity index (χ1n) is 5.17. The molecule has 0 atom stereocenters. The quantitative estimate of drug-likeness (QED) is 0.601. The van der Waals surface area contributed by atoms with Crippen molar-refractivity contribution in [1.29, 1.82) is 0 Å². The Morgan fingerprint density at radius 1 is 0.917 bits per heavy atom. The van der Waals surface area contributed by atoms with Crippen LogP contribution in [0.3, 0.4) is 0 Å². The van der Waals surface area contributed by atoms with E-state index in [2.05, 4.69) is 46.6 Å². The molecule has 0 aliphatic heterocycles. The highest BCUT2D eigenvalue weighted by atomic mass is 29.3. The SMILES string of the molecule is CC(C)CC[Si](C)(C)[Si](C)(C)C. The van der Waals surface area contributed by atoms with E-state index in [-0.39, 0.29) is 0 Å². The van der Waals surface area contributed by atoms with Crippen molar-refractivity contribution in [3.05, 3.63) is 0 Å². The van der Waals surface area contributed by atoms with Crippen molar-refractivity contribution >= 4 is 15.2 Å². The van der Waals surface area contributed by atoms with E-state index in [1.807, 2.05) is 0 Å². The molecule has 0 radical (unpaired) electrons. The van der Waals surface area contributed by atoms with E-state index in [1.54, 1.807) is 6.04 Å². The molecule has 0 unspecified atom stereocenters. The lowest BCUT2D eigenvalue weighted by molar-refractivity contribution is 0.621. The summed E-state index contributed by atoms with van der Waals surface area (Å²) >= 11 is 0. The molecular weight excluding hydrogens is 176 g/mol. The molecule has 0 saturated heterocycles. The van der Waals surface area contributed by atoms with Gasteiger partial charge in [-0.05, 0) is 5.92 Å².